The molecule has 0 saturated carbocycles. The zero-order valence-corrected chi connectivity index (χ0v) is 9.80. The van der Waals surface area contributed by atoms with E-state index >= 15 is 0 Å². The molecule has 0 radical (unpaired) electrons. The van der Waals surface area contributed by atoms with Crippen LogP contribution in [0.2, 0.25) is 0 Å². The van der Waals surface area contributed by atoms with Crippen LogP contribution in [0.4, 0.5) is 0 Å². The third-order valence-corrected chi connectivity index (χ3v) is 3.52. The Balaban J connectivity index is 2.21. The van der Waals surface area contributed by atoms with Gasteiger partial charge in [-0.25, -0.2) is 0 Å². The third kappa shape index (κ3) is 3.77. The Morgan fingerprint density at radius 1 is 1.64 bits per heavy atom. The van der Waals surface area contributed by atoms with E-state index in [1.54, 1.807) is 0 Å². The number of likely N-dealkylation sites (tertiary alicyclic amines) is 1. The molecule has 0 bridgehead atoms. The molecule has 14 heavy (non-hydrogen) atoms. The van der Waals surface area contributed by atoms with Gasteiger partial charge >= 0.3 is 0 Å². The molecule has 0 aromatic heterocycles. The van der Waals surface area contributed by atoms with Crippen LogP contribution in [0, 0.1) is 0 Å². The Bertz CT molecular complexity index is 157. The van der Waals surface area contributed by atoms with E-state index in [1.165, 1.54) is 6.42 Å². The lowest BCUT2D eigenvalue weighted by molar-refractivity contribution is 0.152. The van der Waals surface area contributed by atoms with Crippen LogP contribution in [0.5, 0.6) is 0 Å². The minimum atomic E-state index is 0.273. The van der Waals surface area contributed by atoms with Gasteiger partial charge in [0.15, 0.2) is 0 Å². The van der Waals surface area contributed by atoms with Crippen molar-refractivity contribution in [1.82, 2.24) is 4.90 Å². The molecule has 0 aromatic carbocycles. The maximum atomic E-state index is 9.14. The van der Waals surface area contributed by atoms with Crippen LogP contribution in [0.3, 0.4) is 0 Å². The summed E-state index contributed by atoms with van der Waals surface area (Å²) in [6.07, 6.45) is 5.53. The van der Waals surface area contributed by atoms with Crippen LogP contribution < -0.4 is 5.73 Å². The fourth-order valence-electron chi connectivity index (χ4n) is 2.00. The number of aliphatic hydroxyl groups excluding tert-OH is 1. The van der Waals surface area contributed by atoms with Crippen LogP contribution in [-0.2, 0) is 0 Å². The molecular formula is C10H22N2OS. The highest BCUT2D eigenvalue weighted by Crippen LogP contribution is 2.17. The molecule has 84 valence electrons. The SMILES string of the molecule is CSCCC(N)CN1CCCC1CO. The topological polar surface area (TPSA) is 49.5 Å². The molecular weight excluding hydrogens is 196 g/mol. The van der Waals surface area contributed by atoms with E-state index in [0.29, 0.717) is 6.04 Å². The molecule has 1 rings (SSSR count). The summed E-state index contributed by atoms with van der Waals surface area (Å²) in [5.41, 5.74) is 6.02. The van der Waals surface area contributed by atoms with Crippen LogP contribution >= 0.6 is 11.8 Å². The van der Waals surface area contributed by atoms with Crippen LogP contribution in [0.25, 0.3) is 0 Å². The second-order valence-corrected chi connectivity index (χ2v) is 5.00. The van der Waals surface area contributed by atoms with Crippen molar-refractivity contribution in [2.45, 2.75) is 31.3 Å². The first kappa shape index (κ1) is 12.3. The van der Waals surface area contributed by atoms with Gasteiger partial charge in [0, 0.05) is 18.6 Å². The predicted molar refractivity (Wildman–Crippen MR) is 62.7 cm³/mol. The van der Waals surface area contributed by atoms with E-state index in [-0.39, 0.29) is 12.6 Å². The molecule has 1 saturated heterocycles. The number of nitrogens with zero attached hydrogens (tertiary/aromatic N) is 1. The van der Waals surface area contributed by atoms with E-state index in [4.69, 9.17) is 10.8 Å². The monoisotopic (exact) mass is 218 g/mol. The summed E-state index contributed by atoms with van der Waals surface area (Å²) in [6.45, 7) is 2.35. The maximum absolute atomic E-state index is 9.14. The van der Waals surface area contributed by atoms with Gasteiger partial charge in [-0.1, -0.05) is 0 Å². The number of hydrogen-bond acceptors (Lipinski definition) is 4. The average Bonchev–Trinajstić information content (AvgIpc) is 2.62. The summed E-state index contributed by atoms with van der Waals surface area (Å²) in [6, 6.07) is 0.643. The molecule has 1 aliphatic rings. The summed E-state index contributed by atoms with van der Waals surface area (Å²) in [7, 11) is 0. The fraction of sp³-hybridized carbons (Fsp3) is 1.00. The molecule has 2 atom stereocenters. The van der Waals surface area contributed by atoms with Gasteiger partial charge < -0.3 is 10.8 Å². The standard InChI is InChI=1S/C10H22N2OS/c1-14-6-4-9(11)7-12-5-2-3-10(12)8-13/h9-10,13H,2-8,11H2,1H3. The van der Waals surface area contributed by atoms with Crippen molar-refractivity contribution in [2.24, 2.45) is 5.73 Å². The summed E-state index contributed by atoms with van der Waals surface area (Å²) >= 11 is 1.85. The van der Waals surface area contributed by atoms with E-state index in [1.807, 2.05) is 11.8 Å². The van der Waals surface area contributed by atoms with Gasteiger partial charge in [-0.3, -0.25) is 4.90 Å². The first-order chi connectivity index (χ1) is 6.77. The molecule has 1 aliphatic heterocycles. The van der Waals surface area contributed by atoms with E-state index < -0.39 is 0 Å². The molecule has 0 aliphatic carbocycles. The fourth-order valence-corrected chi connectivity index (χ4v) is 2.54. The molecule has 0 spiro atoms. The summed E-state index contributed by atoms with van der Waals surface area (Å²) < 4.78 is 0. The molecule has 0 amide bonds. The third-order valence-electron chi connectivity index (χ3n) is 2.87. The van der Waals surface area contributed by atoms with Crippen molar-refractivity contribution in [3.8, 4) is 0 Å². The summed E-state index contributed by atoms with van der Waals surface area (Å²) in [5, 5.41) is 9.14. The average molecular weight is 218 g/mol. The molecule has 0 aromatic rings. The van der Waals surface area contributed by atoms with Crippen LogP contribution in [-0.4, -0.2) is 53.8 Å². The van der Waals surface area contributed by atoms with Gasteiger partial charge in [-0.15, -0.1) is 0 Å². The van der Waals surface area contributed by atoms with Crippen molar-refractivity contribution in [3.63, 3.8) is 0 Å². The van der Waals surface area contributed by atoms with Crippen molar-refractivity contribution >= 4 is 11.8 Å². The second kappa shape index (κ2) is 6.67. The Hall–Kier alpha value is 0.230. The van der Waals surface area contributed by atoms with Crippen LogP contribution in [0.1, 0.15) is 19.3 Å². The zero-order chi connectivity index (χ0) is 10.4. The molecule has 1 fully saturated rings. The molecule has 3 nitrogen and oxygen atoms in total. The van der Waals surface area contributed by atoms with Crippen molar-refractivity contribution in [2.75, 3.05) is 31.7 Å². The normalized spacial score (nSPS) is 25.5. The number of aliphatic hydroxyl groups is 1. The van der Waals surface area contributed by atoms with Crippen molar-refractivity contribution in [1.29, 1.82) is 0 Å². The van der Waals surface area contributed by atoms with E-state index in [9.17, 15) is 0 Å². The molecule has 1 heterocycles. The van der Waals surface area contributed by atoms with Gasteiger partial charge in [-0.2, -0.15) is 11.8 Å². The second-order valence-electron chi connectivity index (χ2n) is 4.02. The van der Waals surface area contributed by atoms with Gasteiger partial charge in [-0.05, 0) is 37.8 Å². The van der Waals surface area contributed by atoms with Crippen LogP contribution in [0.15, 0.2) is 0 Å². The highest BCUT2D eigenvalue weighted by molar-refractivity contribution is 7.98. The first-order valence-corrected chi connectivity index (χ1v) is 6.76. The van der Waals surface area contributed by atoms with Crippen molar-refractivity contribution in [3.05, 3.63) is 0 Å². The van der Waals surface area contributed by atoms with E-state index in [0.717, 1.165) is 31.7 Å². The minimum absolute atomic E-state index is 0.273. The highest BCUT2D eigenvalue weighted by Gasteiger charge is 2.24. The maximum Gasteiger partial charge on any atom is 0.0586 e. The lowest BCUT2D eigenvalue weighted by atomic mass is 10.2. The quantitative estimate of drug-likeness (QED) is 0.682. The Labute approximate surface area is 91.0 Å². The van der Waals surface area contributed by atoms with Gasteiger partial charge in [0.05, 0.1) is 6.61 Å². The zero-order valence-electron chi connectivity index (χ0n) is 8.98. The first-order valence-electron chi connectivity index (χ1n) is 5.37. The number of nitrogens with two attached hydrogens (primary N) is 1. The largest absolute Gasteiger partial charge is 0.395 e. The number of hydrogen-bond donors (Lipinski definition) is 2. The van der Waals surface area contributed by atoms with Crippen molar-refractivity contribution < 1.29 is 5.11 Å². The molecule has 2 unspecified atom stereocenters. The Morgan fingerprint density at radius 3 is 3.07 bits per heavy atom. The number of rotatable bonds is 6. The van der Waals surface area contributed by atoms with Gasteiger partial charge in [0.25, 0.3) is 0 Å². The summed E-state index contributed by atoms with van der Waals surface area (Å²) in [5.74, 6) is 1.14. The Kier molecular flexibility index (Phi) is 5.86. The minimum Gasteiger partial charge on any atom is -0.395 e. The molecule has 4 heteroatoms. The van der Waals surface area contributed by atoms with E-state index in [2.05, 4.69) is 11.2 Å². The smallest absolute Gasteiger partial charge is 0.0586 e. The Morgan fingerprint density at radius 2 is 2.43 bits per heavy atom. The summed E-state index contributed by atoms with van der Waals surface area (Å²) in [4.78, 5) is 2.34. The lowest BCUT2D eigenvalue weighted by Gasteiger charge is -2.25. The van der Waals surface area contributed by atoms with Gasteiger partial charge in [0.2, 0.25) is 0 Å². The van der Waals surface area contributed by atoms with Gasteiger partial charge in [0.1, 0.15) is 0 Å². The number of thioether (sulfide) groups is 1. The predicted octanol–water partition coefficient (Wildman–Crippen LogP) is 0.523. The highest BCUT2D eigenvalue weighted by atomic mass is 32.2. The molecule has 3 N–H and O–H groups in total. The lowest BCUT2D eigenvalue weighted by Crippen LogP contribution is -2.41.